The zero-order chi connectivity index (χ0) is 27.8. The lowest BCUT2D eigenvalue weighted by Gasteiger charge is -2.12. The van der Waals surface area contributed by atoms with Crippen LogP contribution < -0.4 is 10.1 Å². The number of rotatable bonds is 9. The average molecular weight is 561 g/mol. The topological polar surface area (TPSA) is 97.8 Å². The Morgan fingerprint density at radius 2 is 2.00 bits per heavy atom. The largest absolute Gasteiger partial charge is 0.476 e. The predicted molar refractivity (Wildman–Crippen MR) is 122 cm³/mol. The van der Waals surface area contributed by atoms with Crippen LogP contribution in [0.5, 0.6) is 5.88 Å². The van der Waals surface area contributed by atoms with Crippen LogP contribution in [0.2, 0.25) is 5.02 Å². The van der Waals surface area contributed by atoms with Gasteiger partial charge in [-0.05, 0) is 30.5 Å². The molecule has 1 atom stereocenters. The summed E-state index contributed by atoms with van der Waals surface area (Å²) in [7, 11) is 1.20. The molecule has 0 radical (unpaired) electrons. The minimum absolute atomic E-state index is 0.0700. The SMILES string of the molecule is Cn1nc(OCCC(F)C(F)F)c(C(F)(F)F)c1-n1cc(-c2ccc(Cl)c(C(=O)NC3(C#N)CC3)c2)cn1. The van der Waals surface area contributed by atoms with E-state index in [4.69, 9.17) is 16.3 Å². The Hall–Kier alpha value is -3.73. The standard InChI is InChI=1S/C23H19ClF6N6O2/c1-35-21(17(23(28,29)30)20(34-35)38-7-4-16(25)18(26)27)36-10-13(9-32-36)12-2-3-15(24)14(8-12)19(37)33-22(11-31)5-6-22/h2-3,8-10,16,18H,4-7H2,1H3,(H,33,37). The Labute approximate surface area is 216 Å². The molecule has 4 rings (SSSR count). The summed E-state index contributed by atoms with van der Waals surface area (Å²) in [6, 6.07) is 6.43. The van der Waals surface area contributed by atoms with Gasteiger partial charge in [0, 0.05) is 25.2 Å². The molecule has 202 valence electrons. The maximum absolute atomic E-state index is 14.0. The first-order chi connectivity index (χ1) is 17.8. The van der Waals surface area contributed by atoms with E-state index in [-0.39, 0.29) is 10.6 Å². The Morgan fingerprint density at radius 1 is 1.29 bits per heavy atom. The van der Waals surface area contributed by atoms with Gasteiger partial charge in [0.25, 0.3) is 12.3 Å². The molecular formula is C23H19ClF6N6O2. The van der Waals surface area contributed by atoms with Crippen LogP contribution >= 0.6 is 11.6 Å². The number of benzene rings is 1. The van der Waals surface area contributed by atoms with Gasteiger partial charge in [0.15, 0.2) is 17.6 Å². The molecule has 0 aliphatic heterocycles. The second-order valence-electron chi connectivity index (χ2n) is 8.63. The molecule has 0 saturated heterocycles. The molecule has 1 aliphatic rings. The van der Waals surface area contributed by atoms with Gasteiger partial charge in [-0.2, -0.15) is 23.5 Å². The quantitative estimate of drug-likeness (QED) is 0.367. The van der Waals surface area contributed by atoms with Gasteiger partial charge in [-0.15, -0.1) is 5.10 Å². The molecule has 38 heavy (non-hydrogen) atoms. The highest BCUT2D eigenvalue weighted by Gasteiger charge is 2.45. The van der Waals surface area contributed by atoms with Crippen molar-refractivity contribution in [1.82, 2.24) is 24.9 Å². The minimum atomic E-state index is -4.98. The van der Waals surface area contributed by atoms with E-state index >= 15 is 0 Å². The number of aromatic nitrogens is 4. The maximum atomic E-state index is 14.0. The van der Waals surface area contributed by atoms with Gasteiger partial charge in [-0.3, -0.25) is 4.79 Å². The van der Waals surface area contributed by atoms with E-state index in [0.29, 0.717) is 24.0 Å². The number of ether oxygens (including phenoxy) is 1. The lowest BCUT2D eigenvalue weighted by atomic mass is 10.1. The first-order valence-electron chi connectivity index (χ1n) is 11.1. The first-order valence-corrected chi connectivity index (χ1v) is 11.5. The van der Waals surface area contributed by atoms with Crippen LogP contribution in [0.15, 0.2) is 30.6 Å². The number of carbonyl (C=O) groups excluding carboxylic acids is 1. The van der Waals surface area contributed by atoms with E-state index in [1.807, 2.05) is 6.07 Å². The van der Waals surface area contributed by atoms with Crippen LogP contribution in [0.1, 0.15) is 35.2 Å². The lowest BCUT2D eigenvalue weighted by molar-refractivity contribution is -0.139. The predicted octanol–water partition coefficient (Wildman–Crippen LogP) is 5.10. The molecule has 1 aliphatic carbocycles. The van der Waals surface area contributed by atoms with Crippen LogP contribution in [-0.2, 0) is 13.2 Å². The second kappa shape index (κ2) is 10.2. The highest BCUT2D eigenvalue weighted by molar-refractivity contribution is 6.34. The summed E-state index contributed by atoms with van der Waals surface area (Å²) >= 11 is 6.16. The molecule has 1 unspecified atom stereocenters. The van der Waals surface area contributed by atoms with E-state index in [1.54, 1.807) is 0 Å². The Kier molecular flexibility index (Phi) is 7.33. The van der Waals surface area contributed by atoms with Crippen molar-refractivity contribution in [2.75, 3.05) is 6.61 Å². The van der Waals surface area contributed by atoms with E-state index in [1.165, 1.54) is 37.6 Å². The molecular weight excluding hydrogens is 542 g/mol. The highest BCUT2D eigenvalue weighted by atomic mass is 35.5. The summed E-state index contributed by atoms with van der Waals surface area (Å²) in [4.78, 5) is 12.7. The molecule has 1 aromatic carbocycles. The van der Waals surface area contributed by atoms with Crippen LogP contribution in [0.25, 0.3) is 16.9 Å². The number of alkyl halides is 6. The number of nitriles is 1. The average Bonchev–Trinajstić information content (AvgIpc) is 3.29. The molecule has 1 saturated carbocycles. The van der Waals surface area contributed by atoms with Crippen LogP contribution in [0, 0.1) is 11.3 Å². The van der Waals surface area contributed by atoms with E-state index < -0.39 is 60.5 Å². The van der Waals surface area contributed by atoms with Gasteiger partial charge < -0.3 is 10.1 Å². The number of halogens is 7. The summed E-state index contributed by atoms with van der Waals surface area (Å²) < 4.78 is 86.4. The third kappa shape index (κ3) is 5.57. The highest BCUT2D eigenvalue weighted by Crippen LogP contribution is 2.40. The summed E-state index contributed by atoms with van der Waals surface area (Å²) in [5, 5.41) is 19.6. The van der Waals surface area contributed by atoms with E-state index in [0.717, 1.165) is 9.36 Å². The van der Waals surface area contributed by atoms with Gasteiger partial charge in [-0.1, -0.05) is 17.7 Å². The van der Waals surface area contributed by atoms with Gasteiger partial charge >= 0.3 is 6.18 Å². The third-order valence-electron chi connectivity index (χ3n) is 5.83. The number of carbonyl (C=O) groups is 1. The smallest absolute Gasteiger partial charge is 0.425 e. The fraction of sp³-hybridized carbons (Fsp3) is 0.391. The summed E-state index contributed by atoms with van der Waals surface area (Å²) in [5.41, 5.74) is -1.46. The van der Waals surface area contributed by atoms with Gasteiger partial charge in [-0.25, -0.2) is 22.5 Å². The Balaban J connectivity index is 1.63. The van der Waals surface area contributed by atoms with Gasteiger partial charge in [0.05, 0.1) is 29.5 Å². The monoisotopic (exact) mass is 560 g/mol. The van der Waals surface area contributed by atoms with Crippen molar-refractivity contribution >= 4 is 17.5 Å². The Morgan fingerprint density at radius 3 is 2.61 bits per heavy atom. The number of nitrogens with one attached hydrogen (secondary N) is 1. The molecule has 0 spiro atoms. The molecule has 1 N–H and O–H groups in total. The second-order valence-corrected chi connectivity index (χ2v) is 9.04. The van der Waals surface area contributed by atoms with Crippen LogP contribution in [-0.4, -0.2) is 50.2 Å². The summed E-state index contributed by atoms with van der Waals surface area (Å²) in [6.45, 7) is -0.752. The van der Waals surface area contributed by atoms with Gasteiger partial charge in [0.2, 0.25) is 5.88 Å². The van der Waals surface area contributed by atoms with Crippen molar-refractivity contribution in [2.45, 2.75) is 43.6 Å². The van der Waals surface area contributed by atoms with E-state index in [2.05, 4.69) is 15.5 Å². The van der Waals surface area contributed by atoms with Crippen molar-refractivity contribution < 1.29 is 35.9 Å². The Bertz CT molecular complexity index is 1390. The van der Waals surface area contributed by atoms with Crippen molar-refractivity contribution in [1.29, 1.82) is 5.26 Å². The number of hydrogen-bond acceptors (Lipinski definition) is 5. The lowest BCUT2D eigenvalue weighted by Crippen LogP contribution is -2.35. The molecule has 2 aromatic heterocycles. The molecule has 15 heteroatoms. The number of amides is 1. The zero-order valence-corrected chi connectivity index (χ0v) is 20.3. The normalized spacial score (nSPS) is 15.3. The minimum Gasteiger partial charge on any atom is -0.476 e. The molecule has 0 bridgehead atoms. The molecule has 8 nitrogen and oxygen atoms in total. The molecule has 1 fully saturated rings. The first kappa shape index (κ1) is 27.3. The number of hydrogen-bond donors (Lipinski definition) is 1. The maximum Gasteiger partial charge on any atom is 0.425 e. The zero-order valence-electron chi connectivity index (χ0n) is 19.6. The molecule has 3 aromatic rings. The fourth-order valence-corrected chi connectivity index (χ4v) is 3.84. The van der Waals surface area contributed by atoms with Crippen molar-refractivity contribution in [3.63, 3.8) is 0 Å². The molecule has 1 amide bonds. The fourth-order valence-electron chi connectivity index (χ4n) is 3.64. The number of nitrogens with zero attached hydrogens (tertiary/aromatic N) is 5. The number of aryl methyl sites for hydroxylation is 1. The van der Waals surface area contributed by atoms with Crippen molar-refractivity contribution in [3.8, 4) is 28.9 Å². The van der Waals surface area contributed by atoms with Crippen LogP contribution in [0.3, 0.4) is 0 Å². The molecule has 2 heterocycles. The van der Waals surface area contributed by atoms with Crippen molar-refractivity contribution in [2.24, 2.45) is 7.05 Å². The summed E-state index contributed by atoms with van der Waals surface area (Å²) in [6.07, 6.45) is -8.11. The summed E-state index contributed by atoms with van der Waals surface area (Å²) in [5.74, 6) is -2.02. The third-order valence-corrected chi connectivity index (χ3v) is 6.16. The van der Waals surface area contributed by atoms with Crippen LogP contribution in [0.4, 0.5) is 26.3 Å². The van der Waals surface area contributed by atoms with E-state index in [9.17, 15) is 36.4 Å². The van der Waals surface area contributed by atoms with Gasteiger partial charge in [0.1, 0.15) is 5.54 Å². The van der Waals surface area contributed by atoms with Crippen molar-refractivity contribution in [3.05, 3.63) is 46.7 Å².